The van der Waals surface area contributed by atoms with Gasteiger partial charge in [0, 0.05) is 6.07 Å². The van der Waals surface area contributed by atoms with Crippen molar-refractivity contribution in [3.05, 3.63) is 56.4 Å². The molecule has 0 bridgehead atoms. The van der Waals surface area contributed by atoms with E-state index in [4.69, 9.17) is 14.3 Å². The number of furan rings is 1. The Morgan fingerprint density at radius 2 is 2.25 bits per heavy atom. The highest BCUT2D eigenvalue weighted by molar-refractivity contribution is 9.10. The van der Waals surface area contributed by atoms with E-state index >= 15 is 0 Å². The van der Waals surface area contributed by atoms with Gasteiger partial charge in [0.2, 0.25) is 0 Å². The number of carboxylic acids is 1. The summed E-state index contributed by atoms with van der Waals surface area (Å²) in [7, 11) is 0. The van der Waals surface area contributed by atoms with Crippen molar-refractivity contribution in [2.24, 2.45) is 0 Å². The number of hydrogen-bond acceptors (Lipinski definition) is 5. The summed E-state index contributed by atoms with van der Waals surface area (Å²) >= 11 is 3.09. The van der Waals surface area contributed by atoms with E-state index in [9.17, 15) is 14.9 Å². The molecule has 0 spiro atoms. The van der Waals surface area contributed by atoms with E-state index in [1.807, 2.05) is 0 Å². The Kier molecular flexibility index (Phi) is 4.04. The molecular formula is C12H8BrNO6. The molecule has 0 saturated carbocycles. The summed E-state index contributed by atoms with van der Waals surface area (Å²) in [4.78, 5) is 20.9. The van der Waals surface area contributed by atoms with Crippen LogP contribution in [0.2, 0.25) is 0 Å². The average molecular weight is 342 g/mol. The Balaban J connectivity index is 2.12. The molecule has 2 rings (SSSR count). The number of nitro benzene ring substituents is 1. The van der Waals surface area contributed by atoms with Crippen molar-refractivity contribution in [3.8, 4) is 5.75 Å². The number of ether oxygens (including phenoxy) is 1. The number of benzene rings is 1. The van der Waals surface area contributed by atoms with E-state index in [1.54, 1.807) is 6.07 Å². The molecule has 7 nitrogen and oxygen atoms in total. The Morgan fingerprint density at radius 3 is 2.85 bits per heavy atom. The van der Waals surface area contributed by atoms with Crippen LogP contribution in [0.15, 0.2) is 39.4 Å². The molecule has 0 atom stereocenters. The molecule has 20 heavy (non-hydrogen) atoms. The van der Waals surface area contributed by atoms with Crippen molar-refractivity contribution in [2.45, 2.75) is 6.61 Å². The zero-order valence-corrected chi connectivity index (χ0v) is 11.5. The highest BCUT2D eigenvalue weighted by Crippen LogP contribution is 2.34. The predicted octanol–water partition coefficient (Wildman–Crippen LogP) is 3.23. The third-order valence-electron chi connectivity index (χ3n) is 2.41. The smallest absolute Gasteiger partial charge is 0.338 e. The number of nitrogens with zero attached hydrogens (tertiary/aromatic N) is 1. The molecule has 1 N–H and O–H groups in total. The van der Waals surface area contributed by atoms with E-state index in [-0.39, 0.29) is 28.1 Å². The van der Waals surface area contributed by atoms with Gasteiger partial charge in [-0.3, -0.25) is 10.1 Å². The van der Waals surface area contributed by atoms with Gasteiger partial charge in [-0.2, -0.15) is 0 Å². The molecule has 8 heteroatoms. The first-order chi connectivity index (χ1) is 9.49. The Hall–Kier alpha value is -2.35. The molecule has 1 aromatic carbocycles. The number of rotatable bonds is 5. The predicted molar refractivity (Wildman–Crippen MR) is 70.8 cm³/mol. The van der Waals surface area contributed by atoms with Gasteiger partial charge in [0.1, 0.15) is 28.9 Å². The molecule has 0 radical (unpaired) electrons. The first-order valence-electron chi connectivity index (χ1n) is 5.35. The largest absolute Gasteiger partial charge is 0.484 e. The summed E-state index contributed by atoms with van der Waals surface area (Å²) in [6, 6.07) is 5.71. The second kappa shape index (κ2) is 5.74. The molecule has 104 valence electrons. The van der Waals surface area contributed by atoms with Gasteiger partial charge in [0.15, 0.2) is 0 Å². The van der Waals surface area contributed by atoms with Crippen LogP contribution in [-0.2, 0) is 6.61 Å². The maximum atomic E-state index is 10.8. The minimum Gasteiger partial charge on any atom is -0.484 e. The second-order valence-electron chi connectivity index (χ2n) is 3.74. The van der Waals surface area contributed by atoms with Gasteiger partial charge in [-0.15, -0.1) is 0 Å². The van der Waals surface area contributed by atoms with Crippen molar-refractivity contribution in [1.29, 1.82) is 0 Å². The number of carbonyl (C=O) groups is 1. The quantitative estimate of drug-likeness (QED) is 0.661. The number of hydrogen-bond donors (Lipinski definition) is 1. The highest BCUT2D eigenvalue weighted by atomic mass is 79.9. The van der Waals surface area contributed by atoms with Crippen LogP contribution in [0.25, 0.3) is 0 Å². The van der Waals surface area contributed by atoms with E-state index in [0.29, 0.717) is 5.76 Å². The third-order valence-corrected chi connectivity index (χ3v) is 3.21. The Morgan fingerprint density at radius 1 is 1.50 bits per heavy atom. The number of nitro groups is 1. The van der Waals surface area contributed by atoms with E-state index < -0.39 is 10.9 Å². The van der Waals surface area contributed by atoms with Crippen LogP contribution in [0, 0.1) is 10.1 Å². The van der Waals surface area contributed by atoms with E-state index in [0.717, 1.165) is 6.26 Å². The number of aromatic carboxylic acids is 1. The van der Waals surface area contributed by atoms with Crippen molar-refractivity contribution >= 4 is 27.6 Å². The minimum absolute atomic E-state index is 0.0155. The SMILES string of the molecule is O=C(O)c1coc(COc2cccc([N+](=O)[O-])c2Br)c1. The van der Waals surface area contributed by atoms with Crippen LogP contribution in [0.5, 0.6) is 5.75 Å². The summed E-state index contributed by atoms with van der Waals surface area (Å²) < 4.78 is 10.6. The fourth-order valence-electron chi connectivity index (χ4n) is 1.47. The Labute approximate surface area is 121 Å². The lowest BCUT2D eigenvalue weighted by atomic mass is 10.3. The molecular weight excluding hydrogens is 334 g/mol. The van der Waals surface area contributed by atoms with Crippen LogP contribution in [-0.4, -0.2) is 16.0 Å². The summed E-state index contributed by atoms with van der Waals surface area (Å²) in [6.07, 6.45) is 1.10. The minimum atomic E-state index is -1.10. The van der Waals surface area contributed by atoms with Crippen molar-refractivity contribution in [1.82, 2.24) is 0 Å². The molecule has 0 aliphatic rings. The second-order valence-corrected chi connectivity index (χ2v) is 4.53. The van der Waals surface area contributed by atoms with Crippen LogP contribution < -0.4 is 4.74 Å². The molecule has 1 heterocycles. The molecule has 0 aliphatic carbocycles. The molecule has 0 unspecified atom stereocenters. The van der Waals surface area contributed by atoms with Crippen LogP contribution in [0.1, 0.15) is 16.1 Å². The lowest BCUT2D eigenvalue weighted by Crippen LogP contribution is -1.97. The normalized spacial score (nSPS) is 10.2. The van der Waals surface area contributed by atoms with Gasteiger partial charge in [-0.05, 0) is 28.1 Å². The maximum Gasteiger partial charge on any atom is 0.338 e. The first-order valence-corrected chi connectivity index (χ1v) is 6.14. The molecule has 0 saturated heterocycles. The van der Waals surface area contributed by atoms with E-state index in [1.165, 1.54) is 18.2 Å². The Bertz CT molecular complexity index is 666. The first kappa shape index (κ1) is 14.1. The summed E-state index contributed by atoms with van der Waals surface area (Å²) in [5, 5.41) is 19.5. The molecule has 1 aromatic heterocycles. The molecule has 0 amide bonds. The summed E-state index contributed by atoms with van der Waals surface area (Å²) in [5.74, 6) is -0.523. The average Bonchev–Trinajstić information content (AvgIpc) is 2.86. The molecule has 0 fully saturated rings. The third kappa shape index (κ3) is 2.97. The lowest BCUT2D eigenvalue weighted by Gasteiger charge is -2.06. The number of halogens is 1. The zero-order valence-electron chi connectivity index (χ0n) is 9.91. The zero-order chi connectivity index (χ0) is 14.7. The number of carboxylic acid groups (broad SMARTS) is 1. The van der Waals surface area contributed by atoms with Gasteiger partial charge < -0.3 is 14.3 Å². The van der Waals surface area contributed by atoms with Gasteiger partial charge in [-0.1, -0.05) is 6.07 Å². The van der Waals surface area contributed by atoms with Crippen LogP contribution in [0.4, 0.5) is 5.69 Å². The van der Waals surface area contributed by atoms with Crippen molar-refractivity contribution < 1.29 is 24.0 Å². The highest BCUT2D eigenvalue weighted by Gasteiger charge is 2.16. The summed E-state index contributed by atoms with van der Waals surface area (Å²) in [5.41, 5.74) is -0.102. The molecule has 2 aromatic rings. The van der Waals surface area contributed by atoms with Crippen LogP contribution in [0.3, 0.4) is 0 Å². The van der Waals surface area contributed by atoms with Crippen LogP contribution >= 0.6 is 15.9 Å². The fourth-order valence-corrected chi connectivity index (χ4v) is 1.99. The lowest BCUT2D eigenvalue weighted by molar-refractivity contribution is -0.385. The van der Waals surface area contributed by atoms with Gasteiger partial charge in [-0.25, -0.2) is 4.79 Å². The van der Waals surface area contributed by atoms with Gasteiger partial charge in [0.25, 0.3) is 5.69 Å². The fraction of sp³-hybridized carbons (Fsp3) is 0.0833. The van der Waals surface area contributed by atoms with E-state index in [2.05, 4.69) is 15.9 Å². The van der Waals surface area contributed by atoms with Crippen molar-refractivity contribution in [3.63, 3.8) is 0 Å². The topological polar surface area (TPSA) is 103 Å². The van der Waals surface area contributed by atoms with Crippen molar-refractivity contribution in [2.75, 3.05) is 0 Å². The standard InChI is InChI=1S/C12H8BrNO6/c13-11-9(14(17)18)2-1-3-10(11)20-6-8-4-7(5-19-8)12(15)16/h1-5H,6H2,(H,15,16). The van der Waals surface area contributed by atoms with Gasteiger partial charge >= 0.3 is 5.97 Å². The summed E-state index contributed by atoms with van der Waals surface area (Å²) in [6.45, 7) is -0.0347. The maximum absolute atomic E-state index is 10.8. The van der Waals surface area contributed by atoms with Gasteiger partial charge in [0.05, 0.1) is 10.5 Å². The monoisotopic (exact) mass is 341 g/mol. The molecule has 0 aliphatic heterocycles.